The van der Waals surface area contributed by atoms with E-state index in [0.717, 1.165) is 22.2 Å². The van der Waals surface area contributed by atoms with Crippen LogP contribution >= 0.6 is 15.9 Å². The molecule has 4 rings (SSSR count). The summed E-state index contributed by atoms with van der Waals surface area (Å²) in [5.74, 6) is 0.715. The van der Waals surface area contributed by atoms with Crippen LogP contribution in [0.2, 0.25) is 0 Å². The van der Waals surface area contributed by atoms with Gasteiger partial charge in [-0.25, -0.2) is 12.8 Å². The summed E-state index contributed by atoms with van der Waals surface area (Å²) in [4.78, 5) is 4.62. The first-order chi connectivity index (χ1) is 13.9. The Morgan fingerprint density at radius 2 is 1.79 bits per heavy atom. The van der Waals surface area contributed by atoms with Gasteiger partial charge in [-0.3, -0.25) is 0 Å². The third-order valence-corrected chi connectivity index (χ3v) is 7.73. The molecule has 0 spiro atoms. The van der Waals surface area contributed by atoms with Crippen LogP contribution in [-0.2, 0) is 16.4 Å². The second-order valence-electron chi connectivity index (χ2n) is 6.95. The minimum Gasteiger partial charge on any atom is -0.339 e. The normalized spacial score (nSPS) is 16.2. The van der Waals surface area contributed by atoms with E-state index in [0.29, 0.717) is 44.1 Å². The van der Waals surface area contributed by atoms with Crippen molar-refractivity contribution in [2.45, 2.75) is 30.1 Å². The zero-order valence-electron chi connectivity index (χ0n) is 15.5. The number of sulfonamides is 1. The molecule has 9 heteroatoms. The van der Waals surface area contributed by atoms with Gasteiger partial charge in [-0.1, -0.05) is 39.3 Å². The Morgan fingerprint density at radius 1 is 1.10 bits per heavy atom. The molecular formula is C20H19BrFN3O3S. The molecule has 152 valence electrons. The highest BCUT2D eigenvalue weighted by molar-refractivity contribution is 9.10. The number of aromatic nitrogens is 2. The standard InChI is InChI=1S/C20H19BrFN3O3S/c21-18-4-2-1-3-15(18)13-19-23-20(28-24-19)14-9-11-25(12-10-14)29(26,27)17-7-5-16(22)6-8-17/h1-8,14H,9-13H2. The lowest BCUT2D eigenvalue weighted by Gasteiger charge is -2.29. The Hall–Kier alpha value is -2.10. The van der Waals surface area contributed by atoms with Crippen LogP contribution in [0.5, 0.6) is 0 Å². The predicted molar refractivity (Wildman–Crippen MR) is 108 cm³/mol. The minimum atomic E-state index is -3.63. The fourth-order valence-electron chi connectivity index (χ4n) is 3.42. The van der Waals surface area contributed by atoms with Crippen LogP contribution in [0.1, 0.15) is 36.0 Å². The number of rotatable bonds is 5. The first-order valence-electron chi connectivity index (χ1n) is 9.25. The highest BCUT2D eigenvalue weighted by atomic mass is 79.9. The topological polar surface area (TPSA) is 76.3 Å². The quantitative estimate of drug-likeness (QED) is 0.549. The molecule has 29 heavy (non-hydrogen) atoms. The van der Waals surface area contributed by atoms with Crippen LogP contribution in [0.4, 0.5) is 4.39 Å². The molecule has 1 fully saturated rings. The van der Waals surface area contributed by atoms with Crippen molar-refractivity contribution in [1.82, 2.24) is 14.4 Å². The molecule has 0 saturated carbocycles. The molecule has 1 aliphatic rings. The first-order valence-corrected chi connectivity index (χ1v) is 11.5. The van der Waals surface area contributed by atoms with Crippen molar-refractivity contribution in [3.8, 4) is 0 Å². The van der Waals surface area contributed by atoms with Gasteiger partial charge in [-0.05, 0) is 48.7 Å². The second-order valence-corrected chi connectivity index (χ2v) is 9.74. The number of nitrogens with zero attached hydrogens (tertiary/aromatic N) is 3. The van der Waals surface area contributed by atoms with Crippen molar-refractivity contribution < 1.29 is 17.3 Å². The molecule has 2 aromatic carbocycles. The van der Waals surface area contributed by atoms with Crippen LogP contribution in [0.3, 0.4) is 0 Å². The average molecular weight is 480 g/mol. The highest BCUT2D eigenvalue weighted by Gasteiger charge is 2.32. The van der Waals surface area contributed by atoms with Gasteiger partial charge in [0.1, 0.15) is 5.82 Å². The molecule has 3 aromatic rings. The summed E-state index contributed by atoms with van der Waals surface area (Å²) in [6, 6.07) is 12.8. The zero-order valence-corrected chi connectivity index (χ0v) is 17.9. The van der Waals surface area contributed by atoms with Crippen LogP contribution in [0.25, 0.3) is 0 Å². The number of piperidine rings is 1. The number of hydrogen-bond acceptors (Lipinski definition) is 5. The van der Waals surface area contributed by atoms with Crippen molar-refractivity contribution in [2.24, 2.45) is 0 Å². The van der Waals surface area contributed by atoms with E-state index in [4.69, 9.17) is 4.52 Å². The van der Waals surface area contributed by atoms with Crippen molar-refractivity contribution in [1.29, 1.82) is 0 Å². The smallest absolute Gasteiger partial charge is 0.243 e. The SMILES string of the molecule is O=S(=O)(c1ccc(F)cc1)N1CCC(c2nc(Cc3ccccc3Br)no2)CC1. The Bertz CT molecular complexity index is 1090. The molecule has 1 saturated heterocycles. The summed E-state index contributed by atoms with van der Waals surface area (Å²) >= 11 is 3.52. The van der Waals surface area contributed by atoms with E-state index >= 15 is 0 Å². The summed E-state index contributed by atoms with van der Waals surface area (Å²) in [6.45, 7) is 0.707. The molecule has 0 N–H and O–H groups in total. The molecule has 0 radical (unpaired) electrons. The van der Waals surface area contributed by atoms with Crippen LogP contribution < -0.4 is 0 Å². The maximum absolute atomic E-state index is 13.1. The Labute approximate surface area is 176 Å². The molecule has 0 aliphatic carbocycles. The second kappa shape index (κ2) is 8.33. The van der Waals surface area contributed by atoms with Crippen molar-refractivity contribution in [3.63, 3.8) is 0 Å². The largest absolute Gasteiger partial charge is 0.339 e. The fraction of sp³-hybridized carbons (Fsp3) is 0.300. The van der Waals surface area contributed by atoms with Crippen LogP contribution in [0, 0.1) is 5.82 Å². The molecule has 0 amide bonds. The van der Waals surface area contributed by atoms with Gasteiger partial charge in [0.15, 0.2) is 5.82 Å². The van der Waals surface area contributed by atoms with Gasteiger partial charge in [0.2, 0.25) is 15.9 Å². The molecule has 1 aromatic heterocycles. The predicted octanol–water partition coefficient (Wildman–Crippen LogP) is 4.13. The Morgan fingerprint density at radius 3 is 2.48 bits per heavy atom. The number of halogens is 2. The van der Waals surface area contributed by atoms with E-state index in [1.54, 1.807) is 0 Å². The molecule has 6 nitrogen and oxygen atoms in total. The Balaban J connectivity index is 1.40. The van der Waals surface area contributed by atoms with Gasteiger partial charge in [-0.15, -0.1) is 0 Å². The third-order valence-electron chi connectivity index (χ3n) is 5.04. The van der Waals surface area contributed by atoms with E-state index in [2.05, 4.69) is 26.1 Å². The maximum Gasteiger partial charge on any atom is 0.243 e. The lowest BCUT2D eigenvalue weighted by atomic mass is 9.98. The number of hydrogen-bond donors (Lipinski definition) is 0. The summed E-state index contributed by atoms with van der Waals surface area (Å²) in [6.07, 6.45) is 1.75. The molecular weight excluding hydrogens is 461 g/mol. The van der Waals surface area contributed by atoms with Crippen LogP contribution in [-0.4, -0.2) is 36.0 Å². The number of benzene rings is 2. The maximum atomic E-state index is 13.1. The van der Waals surface area contributed by atoms with Gasteiger partial charge < -0.3 is 4.52 Å². The molecule has 0 bridgehead atoms. The van der Waals surface area contributed by atoms with Crippen molar-refractivity contribution >= 4 is 26.0 Å². The van der Waals surface area contributed by atoms with Gasteiger partial charge >= 0.3 is 0 Å². The van der Waals surface area contributed by atoms with E-state index in [-0.39, 0.29) is 10.8 Å². The first kappa shape index (κ1) is 20.2. The molecule has 1 aliphatic heterocycles. The van der Waals surface area contributed by atoms with Gasteiger partial charge in [0.05, 0.1) is 4.90 Å². The monoisotopic (exact) mass is 479 g/mol. The minimum absolute atomic E-state index is 0.0233. The average Bonchev–Trinajstić information content (AvgIpc) is 3.19. The van der Waals surface area contributed by atoms with E-state index in [1.165, 1.54) is 16.4 Å². The van der Waals surface area contributed by atoms with E-state index in [9.17, 15) is 12.8 Å². The summed E-state index contributed by atoms with van der Waals surface area (Å²) < 4.78 is 46.4. The Kier molecular flexibility index (Phi) is 5.80. The summed E-state index contributed by atoms with van der Waals surface area (Å²) in [5.41, 5.74) is 1.07. The third kappa shape index (κ3) is 4.41. The van der Waals surface area contributed by atoms with Crippen molar-refractivity contribution in [2.75, 3.05) is 13.1 Å². The summed E-state index contributed by atoms with van der Waals surface area (Å²) in [5, 5.41) is 4.08. The van der Waals surface area contributed by atoms with Gasteiger partial charge in [-0.2, -0.15) is 9.29 Å². The van der Waals surface area contributed by atoms with Gasteiger partial charge in [0, 0.05) is 29.9 Å². The lowest BCUT2D eigenvalue weighted by Crippen LogP contribution is -2.37. The van der Waals surface area contributed by atoms with Gasteiger partial charge in [0.25, 0.3) is 0 Å². The van der Waals surface area contributed by atoms with E-state index < -0.39 is 15.8 Å². The molecule has 0 unspecified atom stereocenters. The highest BCUT2D eigenvalue weighted by Crippen LogP contribution is 2.30. The van der Waals surface area contributed by atoms with Crippen molar-refractivity contribution in [3.05, 3.63) is 76.1 Å². The summed E-state index contributed by atoms with van der Waals surface area (Å²) in [7, 11) is -3.63. The lowest BCUT2D eigenvalue weighted by molar-refractivity contribution is 0.270. The zero-order chi connectivity index (χ0) is 20.4. The van der Waals surface area contributed by atoms with E-state index in [1.807, 2.05) is 24.3 Å². The van der Waals surface area contributed by atoms with Crippen LogP contribution in [0.15, 0.2) is 62.4 Å². The molecule has 0 atom stereocenters. The fourth-order valence-corrected chi connectivity index (χ4v) is 5.31. The molecule has 2 heterocycles.